The second-order valence-corrected chi connectivity index (χ2v) is 4.58. The quantitative estimate of drug-likeness (QED) is 0.816. The van der Waals surface area contributed by atoms with Gasteiger partial charge < -0.3 is 4.98 Å². The van der Waals surface area contributed by atoms with Gasteiger partial charge in [-0.2, -0.15) is 0 Å². The average Bonchev–Trinajstić information content (AvgIpc) is 2.26. The second-order valence-electron chi connectivity index (χ2n) is 3.50. The normalized spacial score (nSPS) is 10.4. The summed E-state index contributed by atoms with van der Waals surface area (Å²) in [7, 11) is 0. The topological polar surface area (TPSA) is 58.6 Å². The van der Waals surface area contributed by atoms with Crippen LogP contribution in [-0.2, 0) is 0 Å². The van der Waals surface area contributed by atoms with Gasteiger partial charge >= 0.3 is 0 Å². The first-order valence-electron chi connectivity index (χ1n) is 4.77. The zero-order valence-corrected chi connectivity index (χ0v) is 11.1. The summed E-state index contributed by atoms with van der Waals surface area (Å²) in [4.78, 5) is 22.8. The number of rotatable bonds is 1. The minimum Gasteiger partial charge on any atom is -0.306 e. The van der Waals surface area contributed by atoms with Gasteiger partial charge in [0, 0.05) is 18.0 Å². The Morgan fingerprint density at radius 1 is 1.38 bits per heavy atom. The van der Waals surface area contributed by atoms with Gasteiger partial charge in [-0.25, -0.2) is 4.98 Å². The van der Waals surface area contributed by atoms with Crippen LogP contribution >= 0.6 is 22.6 Å². The molecule has 16 heavy (non-hydrogen) atoms. The monoisotopic (exact) mass is 327 g/mol. The van der Waals surface area contributed by atoms with Crippen molar-refractivity contribution in [2.75, 3.05) is 0 Å². The molecule has 0 saturated carbocycles. The van der Waals surface area contributed by atoms with Gasteiger partial charge in [-0.05, 0) is 48.1 Å². The molecule has 0 aliphatic carbocycles. The van der Waals surface area contributed by atoms with Crippen LogP contribution in [0.4, 0.5) is 0 Å². The molecule has 2 heterocycles. The van der Waals surface area contributed by atoms with E-state index in [1.165, 1.54) is 0 Å². The Balaban J connectivity index is 2.67. The van der Waals surface area contributed by atoms with Crippen LogP contribution in [0.1, 0.15) is 11.3 Å². The van der Waals surface area contributed by atoms with E-state index < -0.39 is 0 Å². The Kier molecular flexibility index (Phi) is 3.04. The van der Waals surface area contributed by atoms with Gasteiger partial charge in [-0.15, -0.1) is 0 Å². The lowest BCUT2D eigenvalue weighted by Crippen LogP contribution is -2.14. The SMILES string of the molecule is Cc1ccncc1-c1nc(C)c(I)c(=O)[nH]1. The number of pyridine rings is 1. The average molecular weight is 327 g/mol. The van der Waals surface area contributed by atoms with Crippen molar-refractivity contribution in [3.8, 4) is 11.4 Å². The van der Waals surface area contributed by atoms with Crippen LogP contribution in [0.2, 0.25) is 0 Å². The van der Waals surface area contributed by atoms with Crippen LogP contribution < -0.4 is 5.56 Å². The number of nitrogens with zero attached hydrogens (tertiary/aromatic N) is 2. The number of aryl methyl sites for hydroxylation is 2. The van der Waals surface area contributed by atoms with Crippen molar-refractivity contribution in [3.05, 3.63) is 43.6 Å². The molecular formula is C11H10IN3O. The standard InChI is InChI=1S/C11H10IN3O/c1-6-3-4-13-5-8(6)10-14-7(2)9(12)11(16)15-10/h3-5H,1-2H3,(H,14,15,16). The van der Waals surface area contributed by atoms with Gasteiger partial charge in [0.05, 0.1) is 9.26 Å². The number of hydrogen-bond acceptors (Lipinski definition) is 3. The zero-order valence-electron chi connectivity index (χ0n) is 8.91. The predicted octanol–water partition coefficient (Wildman–Crippen LogP) is 2.05. The Labute approximate surface area is 106 Å². The fourth-order valence-electron chi connectivity index (χ4n) is 1.41. The summed E-state index contributed by atoms with van der Waals surface area (Å²) in [6.07, 6.45) is 3.43. The molecule has 5 heteroatoms. The van der Waals surface area contributed by atoms with Crippen LogP contribution in [-0.4, -0.2) is 15.0 Å². The largest absolute Gasteiger partial charge is 0.306 e. The number of nitrogens with one attached hydrogen (secondary N) is 1. The molecule has 0 amide bonds. The van der Waals surface area contributed by atoms with Crippen LogP contribution in [0.15, 0.2) is 23.3 Å². The molecule has 0 spiro atoms. The van der Waals surface area contributed by atoms with E-state index in [2.05, 4.69) is 15.0 Å². The Hall–Kier alpha value is -1.24. The smallest absolute Gasteiger partial charge is 0.264 e. The molecule has 4 nitrogen and oxygen atoms in total. The summed E-state index contributed by atoms with van der Waals surface area (Å²) in [6, 6.07) is 1.89. The van der Waals surface area contributed by atoms with E-state index in [-0.39, 0.29) is 5.56 Å². The highest BCUT2D eigenvalue weighted by Gasteiger charge is 2.08. The van der Waals surface area contributed by atoms with Crippen LogP contribution in [0, 0.1) is 17.4 Å². The summed E-state index contributed by atoms with van der Waals surface area (Å²) in [6.45, 7) is 3.79. The highest BCUT2D eigenvalue weighted by atomic mass is 127. The first kappa shape index (κ1) is 11.3. The minimum atomic E-state index is -0.105. The molecule has 82 valence electrons. The number of H-pyrrole nitrogens is 1. The third-order valence-electron chi connectivity index (χ3n) is 2.32. The number of hydrogen-bond donors (Lipinski definition) is 1. The van der Waals surface area contributed by atoms with Crippen molar-refractivity contribution in [3.63, 3.8) is 0 Å². The van der Waals surface area contributed by atoms with Crippen molar-refractivity contribution in [2.24, 2.45) is 0 Å². The third-order valence-corrected chi connectivity index (χ3v) is 3.59. The van der Waals surface area contributed by atoms with Crippen LogP contribution in [0.25, 0.3) is 11.4 Å². The first-order valence-corrected chi connectivity index (χ1v) is 5.85. The van der Waals surface area contributed by atoms with Crippen molar-refractivity contribution in [2.45, 2.75) is 13.8 Å². The van der Waals surface area contributed by atoms with Gasteiger partial charge in [0.25, 0.3) is 5.56 Å². The molecule has 0 aliphatic heterocycles. The molecule has 2 aromatic heterocycles. The van der Waals surface area contributed by atoms with E-state index in [1.807, 2.05) is 42.5 Å². The van der Waals surface area contributed by atoms with E-state index in [4.69, 9.17) is 0 Å². The van der Waals surface area contributed by atoms with Gasteiger partial charge in [-0.1, -0.05) is 0 Å². The van der Waals surface area contributed by atoms with Gasteiger partial charge in [0.15, 0.2) is 0 Å². The fraction of sp³-hybridized carbons (Fsp3) is 0.182. The molecule has 0 saturated heterocycles. The molecule has 0 aromatic carbocycles. The van der Waals surface area contributed by atoms with E-state index in [0.717, 1.165) is 16.8 Å². The van der Waals surface area contributed by atoms with Gasteiger partial charge in [0.2, 0.25) is 0 Å². The molecule has 0 bridgehead atoms. The molecule has 0 fully saturated rings. The molecular weight excluding hydrogens is 317 g/mol. The molecule has 2 aromatic rings. The number of aromatic nitrogens is 3. The van der Waals surface area contributed by atoms with Crippen molar-refractivity contribution in [1.82, 2.24) is 15.0 Å². The fourth-order valence-corrected chi connectivity index (χ4v) is 1.67. The highest BCUT2D eigenvalue weighted by Crippen LogP contribution is 2.17. The summed E-state index contributed by atoms with van der Waals surface area (Å²) in [5.41, 5.74) is 2.53. The van der Waals surface area contributed by atoms with E-state index >= 15 is 0 Å². The lowest BCUT2D eigenvalue weighted by molar-refractivity contribution is 1.04. The lowest BCUT2D eigenvalue weighted by atomic mass is 10.1. The maximum atomic E-state index is 11.6. The number of halogens is 1. The molecule has 0 atom stereocenters. The maximum absolute atomic E-state index is 11.6. The van der Waals surface area contributed by atoms with E-state index in [0.29, 0.717) is 9.39 Å². The highest BCUT2D eigenvalue weighted by molar-refractivity contribution is 14.1. The summed E-state index contributed by atoms with van der Waals surface area (Å²) in [5.74, 6) is 0.577. The minimum absolute atomic E-state index is 0.105. The maximum Gasteiger partial charge on any atom is 0.264 e. The van der Waals surface area contributed by atoms with E-state index in [9.17, 15) is 4.79 Å². The lowest BCUT2D eigenvalue weighted by Gasteiger charge is -2.05. The summed E-state index contributed by atoms with van der Waals surface area (Å²) >= 11 is 1.99. The number of aromatic amines is 1. The Morgan fingerprint density at radius 2 is 2.12 bits per heavy atom. The van der Waals surface area contributed by atoms with Crippen LogP contribution in [0.5, 0.6) is 0 Å². The van der Waals surface area contributed by atoms with Crippen molar-refractivity contribution < 1.29 is 0 Å². The zero-order chi connectivity index (χ0) is 11.7. The Bertz CT molecular complexity index is 592. The van der Waals surface area contributed by atoms with Gasteiger partial charge in [-0.3, -0.25) is 9.78 Å². The first-order chi connectivity index (χ1) is 7.59. The molecule has 1 N–H and O–H groups in total. The summed E-state index contributed by atoms with van der Waals surface area (Å²) in [5, 5.41) is 0. The molecule has 0 radical (unpaired) electrons. The van der Waals surface area contributed by atoms with Gasteiger partial charge in [0.1, 0.15) is 5.82 Å². The molecule has 0 unspecified atom stereocenters. The Morgan fingerprint density at radius 3 is 2.75 bits per heavy atom. The second kappa shape index (κ2) is 4.32. The van der Waals surface area contributed by atoms with E-state index in [1.54, 1.807) is 12.4 Å². The molecule has 0 aliphatic rings. The predicted molar refractivity (Wildman–Crippen MR) is 70.3 cm³/mol. The third kappa shape index (κ3) is 1.99. The van der Waals surface area contributed by atoms with Crippen LogP contribution in [0.3, 0.4) is 0 Å². The van der Waals surface area contributed by atoms with Crippen molar-refractivity contribution in [1.29, 1.82) is 0 Å². The molecule has 2 rings (SSSR count). The van der Waals surface area contributed by atoms with Crippen molar-refractivity contribution >= 4 is 22.6 Å². The summed E-state index contributed by atoms with van der Waals surface area (Å²) < 4.78 is 0.628.